The van der Waals surface area contributed by atoms with Crippen LogP contribution in [0.4, 0.5) is 0 Å². The first-order chi connectivity index (χ1) is 20.4. The summed E-state index contributed by atoms with van der Waals surface area (Å²) in [6.45, 7) is 12.1. The molecule has 2 aromatic heterocycles. The van der Waals surface area contributed by atoms with Crippen LogP contribution in [-0.4, -0.2) is 80.1 Å². The summed E-state index contributed by atoms with van der Waals surface area (Å²) in [7, 11) is 1.69. The molecule has 0 aliphatic carbocycles. The van der Waals surface area contributed by atoms with E-state index in [9.17, 15) is 14.7 Å². The molecule has 1 aliphatic heterocycles. The molecule has 0 spiro atoms. The quantitative estimate of drug-likeness (QED) is 0.276. The number of esters is 1. The molecule has 5 rings (SSSR count). The fourth-order valence-electron chi connectivity index (χ4n) is 5.64. The van der Waals surface area contributed by atoms with Gasteiger partial charge in [0.15, 0.2) is 5.65 Å². The third-order valence-corrected chi connectivity index (χ3v) is 7.70. The highest BCUT2D eigenvalue weighted by Crippen LogP contribution is 2.32. The summed E-state index contributed by atoms with van der Waals surface area (Å²) in [5, 5.41) is 9.62. The summed E-state index contributed by atoms with van der Waals surface area (Å²) in [4.78, 5) is 41.7. The highest BCUT2D eigenvalue weighted by Gasteiger charge is 2.22. The number of aliphatic hydroxyl groups is 1. The van der Waals surface area contributed by atoms with E-state index in [2.05, 4.69) is 33.9 Å². The topological polar surface area (TPSA) is 112 Å². The molecule has 1 atom stereocenters. The zero-order chi connectivity index (χ0) is 30.9. The van der Waals surface area contributed by atoms with Crippen molar-refractivity contribution in [1.82, 2.24) is 24.8 Å². The molecule has 4 aromatic rings. The molecule has 0 fully saturated rings. The monoisotopic (exact) mass is 583 g/mol. The minimum Gasteiger partial charge on any atom is -0.460 e. The van der Waals surface area contributed by atoms with Crippen molar-refractivity contribution in [1.29, 1.82) is 0 Å². The van der Waals surface area contributed by atoms with Gasteiger partial charge in [0.2, 0.25) is 0 Å². The number of hydrogen-bond acceptors (Lipinski definition) is 7. The molecule has 0 radical (unpaired) electrons. The van der Waals surface area contributed by atoms with Crippen molar-refractivity contribution >= 4 is 23.0 Å². The number of H-pyrrole nitrogens is 1. The van der Waals surface area contributed by atoms with Crippen LogP contribution < -0.4 is 0 Å². The van der Waals surface area contributed by atoms with Crippen LogP contribution in [0.5, 0.6) is 0 Å². The van der Waals surface area contributed by atoms with E-state index in [-0.39, 0.29) is 18.4 Å². The normalized spacial score (nSPS) is 14.4. The van der Waals surface area contributed by atoms with Crippen molar-refractivity contribution in [3.05, 3.63) is 71.0 Å². The van der Waals surface area contributed by atoms with Gasteiger partial charge in [-0.05, 0) is 87.6 Å². The van der Waals surface area contributed by atoms with Crippen LogP contribution in [0.1, 0.15) is 61.2 Å². The number of aliphatic hydroxyl groups excluding tert-OH is 1. The lowest BCUT2D eigenvalue weighted by Crippen LogP contribution is -2.34. The van der Waals surface area contributed by atoms with Gasteiger partial charge in [0, 0.05) is 56.1 Å². The summed E-state index contributed by atoms with van der Waals surface area (Å²) < 4.78 is 5.48. The van der Waals surface area contributed by atoms with E-state index in [1.807, 2.05) is 39.1 Å². The average molecular weight is 584 g/mol. The predicted molar refractivity (Wildman–Crippen MR) is 168 cm³/mol. The zero-order valence-electron chi connectivity index (χ0n) is 25.9. The Morgan fingerprint density at radius 1 is 1.16 bits per heavy atom. The van der Waals surface area contributed by atoms with Crippen LogP contribution in [0.3, 0.4) is 0 Å². The average Bonchev–Trinajstić information content (AvgIpc) is 3.38. The second kappa shape index (κ2) is 12.3. The molecular formula is C34H41N5O4. The largest absolute Gasteiger partial charge is 0.460 e. The number of benzene rings is 2. The van der Waals surface area contributed by atoms with Crippen molar-refractivity contribution in [3.63, 3.8) is 0 Å². The number of hydrogen-bond donors (Lipinski definition) is 2. The van der Waals surface area contributed by atoms with Gasteiger partial charge in [-0.3, -0.25) is 14.5 Å². The van der Waals surface area contributed by atoms with Crippen LogP contribution in [0.2, 0.25) is 0 Å². The molecule has 0 saturated carbocycles. The van der Waals surface area contributed by atoms with Crippen LogP contribution in [0.25, 0.3) is 33.5 Å². The highest BCUT2D eigenvalue weighted by molar-refractivity contribution is 5.96. The molecule has 3 heterocycles. The maximum absolute atomic E-state index is 12.7. The van der Waals surface area contributed by atoms with Crippen molar-refractivity contribution < 1.29 is 19.4 Å². The number of aromatic nitrogens is 3. The number of nitrogens with one attached hydrogen (secondary N) is 1. The van der Waals surface area contributed by atoms with Gasteiger partial charge in [-0.2, -0.15) is 0 Å². The first-order valence-corrected chi connectivity index (χ1v) is 14.8. The van der Waals surface area contributed by atoms with E-state index < -0.39 is 11.7 Å². The highest BCUT2D eigenvalue weighted by atomic mass is 16.6. The molecule has 9 heteroatoms. The first kappa shape index (κ1) is 30.4. The molecule has 1 amide bonds. The molecule has 2 N–H and O–H groups in total. The van der Waals surface area contributed by atoms with Crippen molar-refractivity contribution in [2.75, 3.05) is 26.7 Å². The summed E-state index contributed by atoms with van der Waals surface area (Å²) in [6, 6.07) is 11.8. The standard InChI is InChI=1S/C34H41N5O4/c1-21-15-26(16-25-11-13-39(20-28(21)25)14-12-30(41)43-34(3,4)5)29-18-36-32-31(37-29)27(17-35-32)23-7-9-24(10-8-23)33(42)38(6)19-22(2)40/h7-10,15-18,22,40H,11-14,19-20H2,1-6H3,(H,35,36). The van der Waals surface area contributed by atoms with Crippen LogP contribution in [0, 0.1) is 6.92 Å². The van der Waals surface area contributed by atoms with E-state index >= 15 is 0 Å². The molecular weight excluding hydrogens is 542 g/mol. The van der Waals surface area contributed by atoms with Crippen LogP contribution >= 0.6 is 0 Å². The lowest BCUT2D eigenvalue weighted by molar-refractivity contribution is -0.155. The van der Waals surface area contributed by atoms with Crippen molar-refractivity contribution in [2.45, 2.75) is 65.7 Å². The van der Waals surface area contributed by atoms with E-state index in [0.717, 1.165) is 47.4 Å². The van der Waals surface area contributed by atoms with E-state index in [1.165, 1.54) is 21.6 Å². The number of likely N-dealkylation sites (N-methyl/N-ethyl adjacent to an activating group) is 1. The SMILES string of the molecule is Cc1cc(-c2cnc3[nH]cc(-c4ccc(C(=O)N(C)CC(C)O)cc4)c3n2)cc2c1CN(CCC(=O)OC(C)(C)C)CC2. The third kappa shape index (κ3) is 7.12. The molecule has 2 aromatic carbocycles. The van der Waals surface area contributed by atoms with E-state index in [4.69, 9.17) is 9.72 Å². The van der Waals surface area contributed by atoms with Crippen LogP contribution in [0.15, 0.2) is 48.8 Å². The van der Waals surface area contributed by atoms with Gasteiger partial charge in [0.05, 0.1) is 24.4 Å². The Hall–Kier alpha value is -4.08. The number of nitrogens with zero attached hydrogens (tertiary/aromatic N) is 4. The molecule has 226 valence electrons. The molecule has 0 bridgehead atoms. The van der Waals surface area contributed by atoms with E-state index in [0.29, 0.717) is 24.2 Å². The summed E-state index contributed by atoms with van der Waals surface area (Å²) in [6.07, 6.45) is 4.41. The third-order valence-electron chi connectivity index (χ3n) is 7.70. The number of carbonyl (C=O) groups excluding carboxylic acids is 2. The lowest BCUT2D eigenvalue weighted by Gasteiger charge is -2.30. The number of fused-ring (bicyclic) bond motifs is 2. The number of amides is 1. The summed E-state index contributed by atoms with van der Waals surface area (Å²) in [5.41, 5.74) is 9.06. The number of aromatic amines is 1. The fourth-order valence-corrected chi connectivity index (χ4v) is 5.64. The number of aryl methyl sites for hydroxylation is 1. The first-order valence-electron chi connectivity index (χ1n) is 14.8. The zero-order valence-corrected chi connectivity index (χ0v) is 25.9. The van der Waals surface area contributed by atoms with Crippen molar-refractivity contribution in [3.8, 4) is 22.4 Å². The Labute approximate surface area is 252 Å². The smallest absolute Gasteiger partial charge is 0.307 e. The molecule has 1 aliphatic rings. The Bertz CT molecular complexity index is 1640. The second-order valence-corrected chi connectivity index (χ2v) is 12.6. The van der Waals surface area contributed by atoms with Gasteiger partial charge in [-0.1, -0.05) is 12.1 Å². The Balaban J connectivity index is 1.34. The van der Waals surface area contributed by atoms with E-state index in [1.54, 1.807) is 32.3 Å². The Morgan fingerprint density at radius 2 is 1.91 bits per heavy atom. The fraction of sp³-hybridized carbons (Fsp3) is 0.412. The lowest BCUT2D eigenvalue weighted by atomic mass is 9.92. The summed E-state index contributed by atoms with van der Waals surface area (Å²) in [5.74, 6) is -0.296. The Kier molecular flexibility index (Phi) is 8.66. The minimum absolute atomic E-state index is 0.137. The molecule has 0 saturated heterocycles. The minimum atomic E-state index is -0.586. The van der Waals surface area contributed by atoms with Gasteiger partial charge in [-0.15, -0.1) is 0 Å². The number of carbonyl (C=O) groups is 2. The van der Waals surface area contributed by atoms with Crippen LogP contribution in [-0.2, 0) is 22.5 Å². The van der Waals surface area contributed by atoms with Gasteiger partial charge >= 0.3 is 5.97 Å². The molecule has 9 nitrogen and oxygen atoms in total. The van der Waals surface area contributed by atoms with Gasteiger partial charge in [-0.25, -0.2) is 9.97 Å². The van der Waals surface area contributed by atoms with Crippen molar-refractivity contribution in [2.24, 2.45) is 0 Å². The summed E-state index contributed by atoms with van der Waals surface area (Å²) >= 11 is 0. The maximum Gasteiger partial charge on any atom is 0.307 e. The second-order valence-electron chi connectivity index (χ2n) is 12.6. The molecule has 43 heavy (non-hydrogen) atoms. The maximum atomic E-state index is 12.7. The number of rotatable bonds is 8. The van der Waals surface area contributed by atoms with Gasteiger partial charge in [0.25, 0.3) is 5.91 Å². The van der Waals surface area contributed by atoms with Gasteiger partial charge < -0.3 is 19.7 Å². The number of ether oxygens (including phenoxy) is 1. The Morgan fingerprint density at radius 3 is 2.60 bits per heavy atom. The molecule has 1 unspecified atom stereocenters. The predicted octanol–water partition coefficient (Wildman–Crippen LogP) is 5.14. The van der Waals surface area contributed by atoms with Gasteiger partial charge in [0.1, 0.15) is 11.1 Å².